The lowest BCUT2D eigenvalue weighted by Crippen LogP contribution is -2.52. The van der Waals surface area contributed by atoms with Crippen LogP contribution >= 0.6 is 0 Å². The van der Waals surface area contributed by atoms with Crippen LogP contribution in [-0.4, -0.2) is 49.4 Å². The van der Waals surface area contributed by atoms with Crippen LogP contribution in [-0.2, 0) is 6.42 Å². The molecule has 1 N–H and O–H groups in total. The average Bonchev–Trinajstić information content (AvgIpc) is 2.69. The molecule has 0 unspecified atom stereocenters. The van der Waals surface area contributed by atoms with E-state index in [4.69, 9.17) is 0 Å². The number of ketones is 1. The molecule has 1 heterocycles. The third-order valence-corrected chi connectivity index (χ3v) is 4.86. The average molecular weight is 387 g/mol. The molecule has 2 amide bonds. The van der Waals surface area contributed by atoms with Crippen LogP contribution in [0.15, 0.2) is 42.5 Å². The van der Waals surface area contributed by atoms with Crippen molar-refractivity contribution < 1.29 is 18.4 Å². The number of nitrogens with one attached hydrogen (secondary N) is 1. The van der Waals surface area contributed by atoms with E-state index in [1.165, 1.54) is 25.1 Å². The number of carbonyl (C=O) groups excluding carboxylic acids is 2. The fourth-order valence-electron chi connectivity index (χ4n) is 3.21. The number of halogens is 2. The lowest BCUT2D eigenvalue weighted by Gasteiger charge is -2.36. The molecule has 28 heavy (non-hydrogen) atoms. The number of hydrogen-bond acceptors (Lipinski definition) is 3. The predicted octanol–water partition coefficient (Wildman–Crippen LogP) is 3.24. The molecule has 0 aromatic heterocycles. The molecule has 0 atom stereocenters. The first-order valence-corrected chi connectivity index (χ1v) is 9.26. The van der Waals surface area contributed by atoms with Gasteiger partial charge in [0.15, 0.2) is 5.78 Å². The van der Waals surface area contributed by atoms with Gasteiger partial charge in [0.05, 0.1) is 5.69 Å². The Bertz CT molecular complexity index is 847. The summed E-state index contributed by atoms with van der Waals surface area (Å²) < 4.78 is 27.2. The number of carbonyl (C=O) groups is 2. The Morgan fingerprint density at radius 3 is 2.29 bits per heavy atom. The molecule has 5 nitrogen and oxygen atoms in total. The third-order valence-electron chi connectivity index (χ3n) is 4.86. The summed E-state index contributed by atoms with van der Waals surface area (Å²) in [7, 11) is 0. The number of urea groups is 1. The van der Waals surface area contributed by atoms with E-state index in [9.17, 15) is 18.4 Å². The Labute approximate surface area is 162 Å². The molecule has 3 rings (SSSR count). The smallest absolute Gasteiger partial charge is 0.317 e. The highest BCUT2D eigenvalue weighted by Crippen LogP contribution is 2.22. The van der Waals surface area contributed by atoms with Crippen LogP contribution in [0.1, 0.15) is 22.8 Å². The first-order valence-electron chi connectivity index (χ1n) is 9.26. The molecule has 0 spiro atoms. The molecule has 1 aliphatic heterocycles. The van der Waals surface area contributed by atoms with Crippen molar-refractivity contribution in [3.63, 3.8) is 0 Å². The van der Waals surface area contributed by atoms with Gasteiger partial charge in [-0.1, -0.05) is 12.1 Å². The van der Waals surface area contributed by atoms with E-state index < -0.39 is 5.82 Å². The van der Waals surface area contributed by atoms with Crippen LogP contribution in [0.5, 0.6) is 0 Å². The molecule has 148 valence electrons. The molecule has 1 aliphatic rings. The van der Waals surface area contributed by atoms with Crippen molar-refractivity contribution >= 4 is 17.5 Å². The quantitative estimate of drug-likeness (QED) is 0.802. The Kier molecular flexibility index (Phi) is 6.23. The highest BCUT2D eigenvalue weighted by atomic mass is 19.1. The lowest BCUT2D eigenvalue weighted by molar-refractivity contribution is 0.101. The second-order valence-corrected chi connectivity index (χ2v) is 6.80. The van der Waals surface area contributed by atoms with E-state index in [1.54, 1.807) is 29.2 Å². The van der Waals surface area contributed by atoms with Gasteiger partial charge < -0.3 is 15.1 Å². The van der Waals surface area contributed by atoms with Crippen molar-refractivity contribution in [1.82, 2.24) is 10.2 Å². The van der Waals surface area contributed by atoms with Crippen molar-refractivity contribution in [1.29, 1.82) is 0 Å². The topological polar surface area (TPSA) is 52.7 Å². The molecule has 1 fully saturated rings. The summed E-state index contributed by atoms with van der Waals surface area (Å²) in [5, 5.41) is 2.86. The van der Waals surface area contributed by atoms with E-state index >= 15 is 0 Å². The van der Waals surface area contributed by atoms with Gasteiger partial charge in [-0.3, -0.25) is 4.79 Å². The molecular weight excluding hydrogens is 364 g/mol. The van der Waals surface area contributed by atoms with Gasteiger partial charge >= 0.3 is 6.03 Å². The second-order valence-electron chi connectivity index (χ2n) is 6.80. The zero-order chi connectivity index (χ0) is 20.1. The highest BCUT2D eigenvalue weighted by molar-refractivity contribution is 5.94. The van der Waals surface area contributed by atoms with Crippen LogP contribution in [0.25, 0.3) is 0 Å². The number of benzene rings is 2. The van der Waals surface area contributed by atoms with Gasteiger partial charge in [0, 0.05) is 38.3 Å². The molecule has 0 radical (unpaired) electrons. The maximum atomic E-state index is 14.3. The summed E-state index contributed by atoms with van der Waals surface area (Å²) in [6, 6.07) is 10.5. The van der Waals surface area contributed by atoms with Gasteiger partial charge in [-0.15, -0.1) is 0 Å². The van der Waals surface area contributed by atoms with Crippen molar-refractivity contribution in [3.8, 4) is 0 Å². The Balaban J connectivity index is 1.47. The van der Waals surface area contributed by atoms with Crippen molar-refractivity contribution in [3.05, 3.63) is 65.2 Å². The third kappa shape index (κ3) is 4.85. The normalized spacial score (nSPS) is 14.1. The number of hydrogen-bond donors (Lipinski definition) is 1. The molecule has 0 saturated carbocycles. The number of Topliss-reactive ketones (excluding diaryl/α,β-unsaturated/α-hetero) is 1. The molecule has 7 heteroatoms. The Morgan fingerprint density at radius 2 is 1.68 bits per heavy atom. The summed E-state index contributed by atoms with van der Waals surface area (Å²) in [4.78, 5) is 27.2. The minimum absolute atomic E-state index is 0.158. The zero-order valence-electron chi connectivity index (χ0n) is 15.8. The van der Waals surface area contributed by atoms with E-state index in [-0.39, 0.29) is 17.6 Å². The van der Waals surface area contributed by atoms with Crippen LogP contribution in [0.4, 0.5) is 19.3 Å². The lowest BCUT2D eigenvalue weighted by atomic mass is 10.1. The SMILES string of the molecule is CC(=O)c1ccc(N2CCN(C(=O)NCCc3ccc(F)cc3)CC2)c(F)c1. The summed E-state index contributed by atoms with van der Waals surface area (Å²) in [6.45, 7) is 3.86. The van der Waals surface area contributed by atoms with E-state index in [0.717, 1.165) is 5.56 Å². The van der Waals surface area contributed by atoms with Crippen LogP contribution in [0.3, 0.4) is 0 Å². The number of amides is 2. The minimum Gasteiger partial charge on any atom is -0.366 e. The number of rotatable bonds is 5. The first-order chi connectivity index (χ1) is 13.4. The van der Waals surface area contributed by atoms with E-state index in [1.807, 2.05) is 4.90 Å². The maximum absolute atomic E-state index is 14.3. The van der Waals surface area contributed by atoms with Gasteiger partial charge in [0.25, 0.3) is 0 Å². The summed E-state index contributed by atoms with van der Waals surface area (Å²) in [5.74, 6) is -0.879. The number of nitrogens with zero attached hydrogens (tertiary/aromatic N) is 2. The minimum atomic E-state index is -0.426. The largest absolute Gasteiger partial charge is 0.366 e. The summed E-state index contributed by atoms with van der Waals surface area (Å²) >= 11 is 0. The predicted molar refractivity (Wildman–Crippen MR) is 104 cm³/mol. The Morgan fingerprint density at radius 1 is 1.00 bits per heavy atom. The monoisotopic (exact) mass is 387 g/mol. The van der Waals surface area contributed by atoms with Gasteiger partial charge in [-0.25, -0.2) is 13.6 Å². The van der Waals surface area contributed by atoms with E-state index in [0.29, 0.717) is 50.4 Å². The van der Waals surface area contributed by atoms with Crippen molar-refractivity contribution in [2.24, 2.45) is 0 Å². The van der Waals surface area contributed by atoms with Gasteiger partial charge in [0.1, 0.15) is 11.6 Å². The van der Waals surface area contributed by atoms with Crippen LogP contribution < -0.4 is 10.2 Å². The molecule has 1 saturated heterocycles. The van der Waals surface area contributed by atoms with Gasteiger partial charge in [0.2, 0.25) is 0 Å². The molecule has 0 bridgehead atoms. The zero-order valence-corrected chi connectivity index (χ0v) is 15.8. The maximum Gasteiger partial charge on any atom is 0.317 e. The first kappa shape index (κ1) is 19.8. The molecular formula is C21H23F2N3O2. The molecule has 2 aromatic rings. The molecule has 0 aliphatic carbocycles. The Hall–Kier alpha value is -2.96. The molecule has 2 aromatic carbocycles. The summed E-state index contributed by atoms with van der Waals surface area (Å²) in [6.07, 6.45) is 0.625. The number of anilines is 1. The second kappa shape index (κ2) is 8.82. The standard InChI is InChI=1S/C21H23F2N3O2/c1-15(27)17-4-7-20(19(23)14-17)25-10-12-26(13-11-25)21(28)24-9-8-16-2-5-18(22)6-3-16/h2-7,14H,8-13H2,1H3,(H,24,28). The van der Waals surface area contributed by atoms with Gasteiger partial charge in [-0.2, -0.15) is 0 Å². The number of piperazine rings is 1. The fraction of sp³-hybridized carbons (Fsp3) is 0.333. The van der Waals surface area contributed by atoms with Gasteiger partial charge in [-0.05, 0) is 49.2 Å². The van der Waals surface area contributed by atoms with E-state index in [2.05, 4.69) is 5.32 Å². The summed E-state index contributed by atoms with van der Waals surface area (Å²) in [5.41, 5.74) is 1.75. The van der Waals surface area contributed by atoms with Crippen LogP contribution in [0.2, 0.25) is 0 Å². The fourth-order valence-corrected chi connectivity index (χ4v) is 3.21. The van der Waals surface area contributed by atoms with Crippen LogP contribution in [0, 0.1) is 11.6 Å². The highest BCUT2D eigenvalue weighted by Gasteiger charge is 2.23. The van der Waals surface area contributed by atoms with Crippen molar-refractivity contribution in [2.75, 3.05) is 37.6 Å². The van der Waals surface area contributed by atoms with Crippen molar-refractivity contribution in [2.45, 2.75) is 13.3 Å².